The molecule has 1 aliphatic heterocycles. The van der Waals surface area contributed by atoms with Gasteiger partial charge in [0.2, 0.25) is 0 Å². The number of nitrogens with zero attached hydrogens (tertiary/aromatic N) is 2. The number of allylic oxidation sites excluding steroid dienone is 1. The lowest BCUT2D eigenvalue weighted by molar-refractivity contribution is -0.159. The van der Waals surface area contributed by atoms with Crippen molar-refractivity contribution < 1.29 is 14.3 Å². The molecule has 1 fully saturated rings. The van der Waals surface area contributed by atoms with Gasteiger partial charge in [-0.3, -0.25) is 4.79 Å². The molecule has 3 heterocycles. The van der Waals surface area contributed by atoms with Gasteiger partial charge in [0.1, 0.15) is 12.0 Å². The molecule has 7 heteroatoms. The molecule has 0 radical (unpaired) electrons. The summed E-state index contributed by atoms with van der Waals surface area (Å²) in [5, 5.41) is 4.05. The molecule has 2 aliphatic rings. The van der Waals surface area contributed by atoms with Crippen molar-refractivity contribution in [2.24, 2.45) is 0 Å². The number of anilines is 1. The highest BCUT2D eigenvalue weighted by Crippen LogP contribution is 2.39. The number of hydrogen-bond donors (Lipinski definition) is 2. The first-order valence-electron chi connectivity index (χ1n) is 13.6. The molecule has 7 nitrogen and oxygen atoms in total. The van der Waals surface area contributed by atoms with Gasteiger partial charge in [-0.15, -0.1) is 0 Å². The van der Waals surface area contributed by atoms with Crippen LogP contribution in [0.25, 0.3) is 27.9 Å². The zero-order valence-electron chi connectivity index (χ0n) is 22.9. The normalized spacial score (nSPS) is 17.0. The zero-order chi connectivity index (χ0) is 27.2. The number of aromatic amines is 1. The van der Waals surface area contributed by atoms with Gasteiger partial charge < -0.3 is 19.8 Å². The topological polar surface area (TPSA) is 89.1 Å². The molecule has 0 saturated carbocycles. The molecule has 0 unspecified atom stereocenters. The molecule has 200 valence electrons. The molecule has 4 aromatic rings. The molecule has 1 aliphatic carbocycles. The second kappa shape index (κ2) is 9.74. The minimum absolute atomic E-state index is 0.0371. The van der Waals surface area contributed by atoms with Crippen LogP contribution in [-0.4, -0.2) is 39.9 Å². The zero-order valence-corrected chi connectivity index (χ0v) is 22.9. The Morgan fingerprint density at radius 2 is 1.82 bits per heavy atom. The quantitative estimate of drug-likeness (QED) is 0.308. The van der Waals surface area contributed by atoms with Crippen LogP contribution in [0, 0.1) is 6.92 Å². The van der Waals surface area contributed by atoms with Crippen LogP contribution in [0.2, 0.25) is 0 Å². The summed E-state index contributed by atoms with van der Waals surface area (Å²) in [6.45, 7) is 9.83. The molecular weight excluding hydrogens is 488 g/mol. The van der Waals surface area contributed by atoms with Crippen molar-refractivity contribution in [2.45, 2.75) is 58.2 Å². The Kier molecular flexibility index (Phi) is 6.36. The Bertz CT molecular complexity index is 1570. The molecule has 0 atom stereocenters. The summed E-state index contributed by atoms with van der Waals surface area (Å²) in [6.07, 6.45) is 6.25. The summed E-state index contributed by atoms with van der Waals surface area (Å²) in [7, 11) is 0. The van der Waals surface area contributed by atoms with E-state index in [9.17, 15) is 4.79 Å². The minimum Gasteiger partial charge on any atom is -0.347 e. The first-order chi connectivity index (χ1) is 18.7. The van der Waals surface area contributed by atoms with E-state index in [4.69, 9.17) is 9.47 Å². The van der Waals surface area contributed by atoms with Gasteiger partial charge >= 0.3 is 0 Å². The molecule has 39 heavy (non-hydrogen) atoms. The summed E-state index contributed by atoms with van der Waals surface area (Å²) in [6, 6.07) is 15.9. The maximum absolute atomic E-state index is 13.1. The SMILES string of the molecule is Cc1c(NC(=O)c2ccc(C(C)(C)C)cc2)cccc1-c1ncnc2[nH]c(C3=CCC4(CC3)OCCO4)cc12. The molecule has 2 N–H and O–H groups in total. The highest BCUT2D eigenvalue weighted by molar-refractivity contribution is 6.05. The van der Waals surface area contributed by atoms with Crippen molar-refractivity contribution in [3.05, 3.63) is 83.3 Å². The fourth-order valence-corrected chi connectivity index (χ4v) is 5.48. The third kappa shape index (κ3) is 4.88. The number of hydrogen-bond acceptors (Lipinski definition) is 5. The number of amides is 1. The average molecular weight is 523 g/mol. The van der Waals surface area contributed by atoms with E-state index >= 15 is 0 Å². The maximum atomic E-state index is 13.1. The lowest BCUT2D eigenvalue weighted by Crippen LogP contribution is -2.31. The Morgan fingerprint density at radius 3 is 2.51 bits per heavy atom. The number of carbonyl (C=O) groups excluding carboxylic acids is 1. The molecule has 1 amide bonds. The van der Waals surface area contributed by atoms with Gasteiger partial charge in [-0.05, 0) is 59.7 Å². The van der Waals surface area contributed by atoms with Gasteiger partial charge in [0.15, 0.2) is 5.79 Å². The summed E-state index contributed by atoms with van der Waals surface area (Å²) in [4.78, 5) is 25.7. The predicted molar refractivity (Wildman–Crippen MR) is 154 cm³/mol. The second-order valence-electron chi connectivity index (χ2n) is 11.5. The highest BCUT2D eigenvalue weighted by atomic mass is 16.7. The maximum Gasteiger partial charge on any atom is 0.255 e. The number of benzene rings is 2. The van der Waals surface area contributed by atoms with Gasteiger partial charge in [-0.1, -0.05) is 51.1 Å². The third-order valence-electron chi connectivity index (χ3n) is 7.87. The predicted octanol–water partition coefficient (Wildman–Crippen LogP) is 6.79. The van der Waals surface area contributed by atoms with Crippen molar-refractivity contribution in [1.29, 1.82) is 0 Å². The standard InChI is InChI=1S/C32H34N4O3/c1-20-24(6-5-7-26(20)36-30(37)22-8-10-23(11-9-22)31(2,3)4)28-25-18-27(35-29(25)34-19-33-28)21-12-14-32(15-13-21)38-16-17-39-32/h5-12,18-19H,13-17H2,1-4H3,(H,36,37)(H,33,34,35). The lowest BCUT2D eigenvalue weighted by Gasteiger charge is -2.30. The van der Waals surface area contributed by atoms with E-state index in [1.54, 1.807) is 6.33 Å². The van der Waals surface area contributed by atoms with E-state index in [1.807, 2.05) is 49.4 Å². The highest BCUT2D eigenvalue weighted by Gasteiger charge is 2.38. The van der Waals surface area contributed by atoms with E-state index in [1.165, 1.54) is 11.1 Å². The minimum atomic E-state index is -0.447. The number of ether oxygens (including phenoxy) is 2. The van der Waals surface area contributed by atoms with Crippen molar-refractivity contribution >= 4 is 28.2 Å². The van der Waals surface area contributed by atoms with E-state index in [0.29, 0.717) is 18.8 Å². The Labute approximate surface area is 228 Å². The Hall–Kier alpha value is -3.81. The Morgan fingerprint density at radius 1 is 1.05 bits per heavy atom. The molecule has 0 bridgehead atoms. The van der Waals surface area contributed by atoms with Crippen LogP contribution < -0.4 is 5.32 Å². The number of fused-ring (bicyclic) bond motifs is 1. The van der Waals surface area contributed by atoms with Crippen molar-refractivity contribution in [2.75, 3.05) is 18.5 Å². The van der Waals surface area contributed by atoms with Crippen LogP contribution in [-0.2, 0) is 14.9 Å². The first kappa shape index (κ1) is 25.5. The summed E-state index contributed by atoms with van der Waals surface area (Å²) >= 11 is 0. The van der Waals surface area contributed by atoms with Crippen molar-refractivity contribution in [3.63, 3.8) is 0 Å². The van der Waals surface area contributed by atoms with E-state index in [2.05, 4.69) is 53.2 Å². The fourth-order valence-electron chi connectivity index (χ4n) is 5.48. The smallest absolute Gasteiger partial charge is 0.255 e. The van der Waals surface area contributed by atoms with Crippen LogP contribution >= 0.6 is 0 Å². The van der Waals surface area contributed by atoms with Gasteiger partial charge in [0.05, 0.1) is 18.9 Å². The number of nitrogens with one attached hydrogen (secondary N) is 2. The van der Waals surface area contributed by atoms with Crippen LogP contribution in [0.5, 0.6) is 0 Å². The molecule has 6 rings (SSSR count). The van der Waals surface area contributed by atoms with Crippen LogP contribution in [0.4, 0.5) is 5.69 Å². The molecule has 1 saturated heterocycles. The second-order valence-corrected chi connectivity index (χ2v) is 11.5. The lowest BCUT2D eigenvalue weighted by atomic mass is 9.86. The fraction of sp³-hybridized carbons (Fsp3) is 0.344. The third-order valence-corrected chi connectivity index (χ3v) is 7.87. The van der Waals surface area contributed by atoms with E-state index in [-0.39, 0.29) is 11.3 Å². The largest absolute Gasteiger partial charge is 0.347 e. The van der Waals surface area contributed by atoms with Crippen LogP contribution in [0.1, 0.15) is 67.2 Å². The van der Waals surface area contributed by atoms with E-state index in [0.717, 1.165) is 58.5 Å². The van der Waals surface area contributed by atoms with Crippen molar-refractivity contribution in [3.8, 4) is 11.3 Å². The number of H-pyrrole nitrogens is 1. The monoisotopic (exact) mass is 522 g/mol. The molecule has 1 spiro atoms. The van der Waals surface area contributed by atoms with Gasteiger partial charge in [0.25, 0.3) is 5.91 Å². The molecule has 2 aromatic heterocycles. The van der Waals surface area contributed by atoms with Crippen LogP contribution in [0.15, 0.2) is 60.9 Å². The molecular formula is C32H34N4O3. The average Bonchev–Trinajstić information content (AvgIpc) is 3.57. The first-order valence-corrected chi connectivity index (χ1v) is 13.6. The summed E-state index contributed by atoms with van der Waals surface area (Å²) < 4.78 is 11.7. The Balaban J connectivity index is 1.28. The van der Waals surface area contributed by atoms with E-state index < -0.39 is 5.79 Å². The van der Waals surface area contributed by atoms with Gasteiger partial charge in [-0.2, -0.15) is 0 Å². The summed E-state index contributed by atoms with van der Waals surface area (Å²) in [5.74, 6) is -0.582. The summed E-state index contributed by atoms with van der Waals surface area (Å²) in [5.41, 5.74) is 8.43. The van der Waals surface area contributed by atoms with Gasteiger partial charge in [0, 0.05) is 40.7 Å². The van der Waals surface area contributed by atoms with Crippen LogP contribution in [0.3, 0.4) is 0 Å². The van der Waals surface area contributed by atoms with Crippen molar-refractivity contribution in [1.82, 2.24) is 15.0 Å². The number of aromatic nitrogens is 3. The molecule has 2 aromatic carbocycles. The number of rotatable bonds is 4. The van der Waals surface area contributed by atoms with Gasteiger partial charge in [-0.25, -0.2) is 9.97 Å². The number of carbonyl (C=O) groups is 1.